The number of Topliss-reactive ketones (excluding diaryl/α,β-unsaturated/α-hetero) is 1. The van der Waals surface area contributed by atoms with E-state index in [4.69, 9.17) is 5.11 Å². The SMILES string of the molecule is CS/C(C(C)=O)=C(/C)N(C)CCO. The monoisotopic (exact) mass is 203 g/mol. The third-order valence-corrected chi connectivity index (χ3v) is 2.85. The molecule has 0 aromatic heterocycles. The molecule has 0 bridgehead atoms. The lowest BCUT2D eigenvalue weighted by Gasteiger charge is -2.20. The van der Waals surface area contributed by atoms with Crippen molar-refractivity contribution in [2.75, 3.05) is 26.5 Å². The van der Waals surface area contributed by atoms with Crippen molar-refractivity contribution in [2.45, 2.75) is 13.8 Å². The smallest absolute Gasteiger partial charge is 0.167 e. The molecule has 0 aliphatic heterocycles. The van der Waals surface area contributed by atoms with Crippen LogP contribution in [0.3, 0.4) is 0 Å². The molecular weight excluding hydrogens is 186 g/mol. The van der Waals surface area contributed by atoms with Crippen molar-refractivity contribution in [3.63, 3.8) is 0 Å². The van der Waals surface area contributed by atoms with Crippen LogP contribution in [0.5, 0.6) is 0 Å². The quantitative estimate of drug-likeness (QED) is 0.679. The number of nitrogens with zero attached hydrogens (tertiary/aromatic N) is 1. The molecule has 0 atom stereocenters. The average Bonchev–Trinajstić information content (AvgIpc) is 2.05. The van der Waals surface area contributed by atoms with E-state index < -0.39 is 0 Å². The maximum Gasteiger partial charge on any atom is 0.167 e. The zero-order chi connectivity index (χ0) is 10.4. The number of carbonyl (C=O) groups is 1. The first-order chi connectivity index (χ1) is 6.04. The molecule has 0 aliphatic carbocycles. The number of rotatable bonds is 5. The maximum absolute atomic E-state index is 11.2. The van der Waals surface area contributed by atoms with Crippen LogP contribution in [0.25, 0.3) is 0 Å². The molecule has 4 heteroatoms. The van der Waals surface area contributed by atoms with Crippen LogP contribution >= 0.6 is 11.8 Å². The van der Waals surface area contributed by atoms with Crippen molar-refractivity contribution in [1.29, 1.82) is 0 Å². The number of hydrogen-bond donors (Lipinski definition) is 1. The summed E-state index contributed by atoms with van der Waals surface area (Å²) in [5.74, 6) is 0.0785. The largest absolute Gasteiger partial charge is 0.395 e. The summed E-state index contributed by atoms with van der Waals surface area (Å²) in [5, 5.41) is 8.72. The van der Waals surface area contributed by atoms with Gasteiger partial charge in [-0.2, -0.15) is 0 Å². The summed E-state index contributed by atoms with van der Waals surface area (Å²) >= 11 is 1.45. The minimum Gasteiger partial charge on any atom is -0.395 e. The van der Waals surface area contributed by atoms with E-state index in [0.29, 0.717) is 6.54 Å². The van der Waals surface area contributed by atoms with Crippen molar-refractivity contribution in [3.8, 4) is 0 Å². The third kappa shape index (κ3) is 3.83. The number of hydrogen-bond acceptors (Lipinski definition) is 4. The van der Waals surface area contributed by atoms with E-state index in [0.717, 1.165) is 10.6 Å². The fourth-order valence-electron chi connectivity index (χ4n) is 1.04. The molecule has 0 aliphatic rings. The fraction of sp³-hybridized carbons (Fsp3) is 0.667. The normalized spacial score (nSPS) is 12.4. The van der Waals surface area contributed by atoms with Gasteiger partial charge in [0.05, 0.1) is 11.5 Å². The molecule has 0 amide bonds. The molecular formula is C9H17NO2S. The van der Waals surface area contributed by atoms with Crippen molar-refractivity contribution in [1.82, 2.24) is 4.90 Å². The van der Waals surface area contributed by atoms with Gasteiger partial charge in [0.2, 0.25) is 0 Å². The van der Waals surface area contributed by atoms with E-state index in [1.807, 2.05) is 25.1 Å². The van der Waals surface area contributed by atoms with E-state index in [1.54, 1.807) is 6.92 Å². The minimum atomic E-state index is 0.0785. The van der Waals surface area contributed by atoms with Crippen LogP contribution in [-0.4, -0.2) is 42.2 Å². The molecule has 0 aromatic rings. The molecule has 76 valence electrons. The highest BCUT2D eigenvalue weighted by atomic mass is 32.2. The highest BCUT2D eigenvalue weighted by Gasteiger charge is 2.09. The van der Waals surface area contributed by atoms with E-state index in [2.05, 4.69) is 0 Å². The molecule has 1 N–H and O–H groups in total. The Kier molecular flexibility index (Phi) is 5.82. The highest BCUT2D eigenvalue weighted by Crippen LogP contribution is 2.19. The lowest BCUT2D eigenvalue weighted by Crippen LogP contribution is -2.22. The summed E-state index contributed by atoms with van der Waals surface area (Å²) in [6, 6.07) is 0. The molecule has 0 spiro atoms. The number of ketones is 1. The molecule has 0 rings (SSSR count). The molecule has 13 heavy (non-hydrogen) atoms. The van der Waals surface area contributed by atoms with Crippen LogP contribution < -0.4 is 0 Å². The number of aliphatic hydroxyl groups is 1. The maximum atomic E-state index is 11.2. The van der Waals surface area contributed by atoms with E-state index in [1.165, 1.54) is 11.8 Å². The van der Waals surface area contributed by atoms with Gasteiger partial charge in [0, 0.05) is 19.3 Å². The first-order valence-corrected chi connectivity index (χ1v) is 5.34. The van der Waals surface area contributed by atoms with E-state index >= 15 is 0 Å². The topological polar surface area (TPSA) is 40.5 Å². The molecule has 0 aromatic carbocycles. The van der Waals surface area contributed by atoms with Gasteiger partial charge in [-0.25, -0.2) is 0 Å². The Bertz CT molecular complexity index is 214. The summed E-state index contributed by atoms with van der Waals surface area (Å²) in [5.41, 5.74) is 0.925. The Balaban J connectivity index is 4.63. The lowest BCUT2D eigenvalue weighted by atomic mass is 10.3. The minimum absolute atomic E-state index is 0.0785. The highest BCUT2D eigenvalue weighted by molar-refractivity contribution is 8.03. The number of aliphatic hydroxyl groups excluding tert-OH is 1. The first-order valence-electron chi connectivity index (χ1n) is 4.12. The zero-order valence-corrected chi connectivity index (χ0v) is 9.44. The Morgan fingerprint density at radius 1 is 1.46 bits per heavy atom. The molecule has 0 fully saturated rings. The molecule has 0 heterocycles. The first kappa shape index (κ1) is 12.5. The van der Waals surface area contributed by atoms with Crippen molar-refractivity contribution < 1.29 is 9.90 Å². The van der Waals surface area contributed by atoms with Crippen molar-refractivity contribution in [2.24, 2.45) is 0 Å². The van der Waals surface area contributed by atoms with Crippen LogP contribution in [0.2, 0.25) is 0 Å². The second-order valence-electron chi connectivity index (χ2n) is 2.82. The lowest BCUT2D eigenvalue weighted by molar-refractivity contribution is -0.113. The summed E-state index contributed by atoms with van der Waals surface area (Å²) in [4.78, 5) is 13.8. The number of thioether (sulfide) groups is 1. The summed E-state index contributed by atoms with van der Waals surface area (Å²) in [6.45, 7) is 4.11. The van der Waals surface area contributed by atoms with Crippen molar-refractivity contribution >= 4 is 17.5 Å². The van der Waals surface area contributed by atoms with E-state index in [9.17, 15) is 4.79 Å². The number of carbonyl (C=O) groups excluding carboxylic acids is 1. The Hall–Kier alpha value is -0.480. The van der Waals surface area contributed by atoms with Gasteiger partial charge in [0.15, 0.2) is 5.78 Å². The summed E-state index contributed by atoms with van der Waals surface area (Å²) in [7, 11) is 1.87. The average molecular weight is 203 g/mol. The standard InChI is InChI=1S/C9H17NO2S/c1-7(10(3)5-6-11)9(13-4)8(2)12/h11H,5-6H2,1-4H3/b9-7-. The Labute approximate surface area is 83.8 Å². The molecule has 0 saturated heterocycles. The number of likely N-dealkylation sites (N-methyl/N-ethyl adjacent to an activating group) is 1. The predicted octanol–water partition coefficient (Wildman–Crippen LogP) is 1.09. The summed E-state index contributed by atoms with van der Waals surface area (Å²) in [6.07, 6.45) is 1.88. The van der Waals surface area contributed by atoms with Gasteiger partial charge >= 0.3 is 0 Å². The second-order valence-corrected chi connectivity index (χ2v) is 3.64. The number of allylic oxidation sites excluding steroid dienone is 2. The third-order valence-electron chi connectivity index (χ3n) is 1.86. The van der Waals surface area contributed by atoms with Crippen LogP contribution in [-0.2, 0) is 4.79 Å². The van der Waals surface area contributed by atoms with Gasteiger partial charge in [-0.05, 0) is 20.1 Å². The van der Waals surface area contributed by atoms with Crippen LogP contribution in [0.4, 0.5) is 0 Å². The second kappa shape index (κ2) is 6.05. The van der Waals surface area contributed by atoms with Gasteiger partial charge in [-0.1, -0.05) is 0 Å². The molecule has 0 radical (unpaired) electrons. The molecule has 0 unspecified atom stereocenters. The predicted molar refractivity (Wildman–Crippen MR) is 56.6 cm³/mol. The van der Waals surface area contributed by atoms with Crippen LogP contribution in [0.1, 0.15) is 13.8 Å². The Morgan fingerprint density at radius 3 is 2.31 bits per heavy atom. The van der Waals surface area contributed by atoms with Gasteiger partial charge in [0.25, 0.3) is 0 Å². The van der Waals surface area contributed by atoms with Crippen LogP contribution in [0.15, 0.2) is 10.6 Å². The van der Waals surface area contributed by atoms with Gasteiger partial charge < -0.3 is 10.0 Å². The molecule has 0 saturated carbocycles. The van der Waals surface area contributed by atoms with Crippen molar-refractivity contribution in [3.05, 3.63) is 10.6 Å². The zero-order valence-electron chi connectivity index (χ0n) is 8.63. The van der Waals surface area contributed by atoms with E-state index in [-0.39, 0.29) is 12.4 Å². The van der Waals surface area contributed by atoms with Gasteiger partial charge in [0.1, 0.15) is 0 Å². The fourth-order valence-corrected chi connectivity index (χ4v) is 1.78. The van der Waals surface area contributed by atoms with Gasteiger partial charge in [-0.3, -0.25) is 4.79 Å². The summed E-state index contributed by atoms with van der Waals surface area (Å²) < 4.78 is 0. The van der Waals surface area contributed by atoms with Crippen LogP contribution in [0, 0.1) is 0 Å². The Morgan fingerprint density at radius 2 is 2.00 bits per heavy atom. The van der Waals surface area contributed by atoms with Gasteiger partial charge in [-0.15, -0.1) is 11.8 Å². The molecule has 3 nitrogen and oxygen atoms in total.